The zero-order valence-corrected chi connectivity index (χ0v) is 7.94. The lowest BCUT2D eigenvalue weighted by atomic mass is 10.3. The van der Waals surface area contributed by atoms with E-state index in [0.717, 1.165) is 19.7 Å². The normalized spacial score (nSPS) is 21.5. The molecule has 0 radical (unpaired) electrons. The van der Waals surface area contributed by atoms with Gasteiger partial charge in [-0.1, -0.05) is 6.07 Å². The van der Waals surface area contributed by atoms with Gasteiger partial charge in [-0.05, 0) is 19.1 Å². The third-order valence-electron chi connectivity index (χ3n) is 1.68. The van der Waals surface area contributed by atoms with Gasteiger partial charge < -0.3 is 10.1 Å². The summed E-state index contributed by atoms with van der Waals surface area (Å²) in [6, 6.07) is 5.72. The van der Waals surface area contributed by atoms with E-state index in [9.17, 15) is 0 Å². The second kappa shape index (κ2) is 6.57. The van der Waals surface area contributed by atoms with Crippen molar-refractivity contribution in [3.63, 3.8) is 0 Å². The van der Waals surface area contributed by atoms with Gasteiger partial charge in [-0.3, -0.25) is 4.98 Å². The zero-order chi connectivity index (χ0) is 9.36. The van der Waals surface area contributed by atoms with E-state index < -0.39 is 0 Å². The summed E-state index contributed by atoms with van der Waals surface area (Å²) in [7, 11) is 0. The second-order valence-electron chi connectivity index (χ2n) is 2.91. The highest BCUT2D eigenvalue weighted by molar-refractivity contribution is 4.88. The molecule has 2 rings (SSSR count). The summed E-state index contributed by atoms with van der Waals surface area (Å²) in [5.74, 6) is 0. The van der Waals surface area contributed by atoms with Crippen molar-refractivity contribution in [3.05, 3.63) is 30.6 Å². The Kier molecular flexibility index (Phi) is 5.13. The van der Waals surface area contributed by atoms with Crippen LogP contribution in [0, 0.1) is 0 Å². The molecule has 1 aliphatic heterocycles. The maximum atomic E-state index is 5.22. The van der Waals surface area contributed by atoms with Gasteiger partial charge in [0.25, 0.3) is 0 Å². The highest BCUT2D eigenvalue weighted by Gasteiger charge is 2.04. The lowest BCUT2D eigenvalue weighted by Gasteiger charge is -2.18. The Hall–Kier alpha value is -0.930. The van der Waals surface area contributed by atoms with Crippen molar-refractivity contribution < 1.29 is 4.74 Å². The Morgan fingerprint density at radius 3 is 2.31 bits per heavy atom. The molecule has 3 heteroatoms. The van der Waals surface area contributed by atoms with Gasteiger partial charge in [0, 0.05) is 25.5 Å². The quantitative estimate of drug-likeness (QED) is 0.648. The number of pyridine rings is 1. The Bertz CT molecular complexity index is 171. The Labute approximate surface area is 79.1 Å². The summed E-state index contributed by atoms with van der Waals surface area (Å²) in [6.45, 7) is 4.98. The van der Waals surface area contributed by atoms with Crippen molar-refractivity contribution in [1.82, 2.24) is 10.3 Å². The number of aromatic nitrogens is 1. The molecular formula is C10H16N2O. The van der Waals surface area contributed by atoms with Crippen molar-refractivity contribution in [2.45, 2.75) is 13.0 Å². The number of hydrogen-bond acceptors (Lipinski definition) is 3. The molecule has 0 spiro atoms. The number of morpholine rings is 1. The topological polar surface area (TPSA) is 34.1 Å². The third-order valence-corrected chi connectivity index (χ3v) is 1.68. The van der Waals surface area contributed by atoms with Gasteiger partial charge in [-0.25, -0.2) is 0 Å². The third kappa shape index (κ3) is 5.33. The zero-order valence-electron chi connectivity index (χ0n) is 7.94. The van der Waals surface area contributed by atoms with Crippen LogP contribution in [-0.2, 0) is 4.74 Å². The molecular weight excluding hydrogens is 164 g/mol. The molecule has 1 fully saturated rings. The largest absolute Gasteiger partial charge is 0.376 e. The minimum absolute atomic E-state index is 0.425. The summed E-state index contributed by atoms with van der Waals surface area (Å²) in [4.78, 5) is 3.78. The summed E-state index contributed by atoms with van der Waals surface area (Å²) in [6.07, 6.45) is 3.92. The molecule has 3 nitrogen and oxygen atoms in total. The van der Waals surface area contributed by atoms with Gasteiger partial charge in [0.1, 0.15) is 0 Å². The summed E-state index contributed by atoms with van der Waals surface area (Å²) >= 11 is 0. The van der Waals surface area contributed by atoms with Crippen LogP contribution in [0.2, 0.25) is 0 Å². The van der Waals surface area contributed by atoms with Crippen LogP contribution in [-0.4, -0.2) is 30.8 Å². The van der Waals surface area contributed by atoms with E-state index in [1.807, 2.05) is 18.2 Å². The Balaban J connectivity index is 0.000000132. The lowest BCUT2D eigenvalue weighted by molar-refractivity contribution is 0.0410. The molecule has 1 N–H and O–H groups in total. The van der Waals surface area contributed by atoms with Gasteiger partial charge >= 0.3 is 0 Å². The highest BCUT2D eigenvalue weighted by Crippen LogP contribution is 1.91. The molecule has 1 aliphatic rings. The van der Waals surface area contributed by atoms with Crippen molar-refractivity contribution in [2.24, 2.45) is 0 Å². The van der Waals surface area contributed by atoms with Gasteiger partial charge in [-0.2, -0.15) is 0 Å². The van der Waals surface area contributed by atoms with E-state index in [-0.39, 0.29) is 0 Å². The summed E-state index contributed by atoms with van der Waals surface area (Å²) < 4.78 is 5.22. The monoisotopic (exact) mass is 180 g/mol. The lowest BCUT2D eigenvalue weighted by Crippen LogP contribution is -2.36. The minimum atomic E-state index is 0.425. The summed E-state index contributed by atoms with van der Waals surface area (Å²) in [5.41, 5.74) is 0. The van der Waals surface area contributed by atoms with E-state index in [1.165, 1.54) is 0 Å². The standard InChI is InChI=1S/C5H11NO.C5H5N/c1-5-4-6-2-3-7-5;1-2-4-6-5-3-1/h5-6H,2-4H2,1H3;1-5H. The molecule has 1 aromatic heterocycles. The number of ether oxygens (including phenoxy) is 1. The Morgan fingerprint density at radius 1 is 1.31 bits per heavy atom. The molecule has 2 heterocycles. The average Bonchev–Trinajstić information content (AvgIpc) is 2.22. The van der Waals surface area contributed by atoms with Crippen molar-refractivity contribution in [2.75, 3.05) is 19.7 Å². The maximum absolute atomic E-state index is 5.22. The fourth-order valence-corrected chi connectivity index (χ4v) is 1.01. The second-order valence-corrected chi connectivity index (χ2v) is 2.91. The van der Waals surface area contributed by atoms with E-state index in [4.69, 9.17) is 4.74 Å². The molecule has 72 valence electrons. The highest BCUT2D eigenvalue weighted by atomic mass is 16.5. The smallest absolute Gasteiger partial charge is 0.0672 e. The summed E-state index contributed by atoms with van der Waals surface area (Å²) in [5, 5.41) is 3.21. The minimum Gasteiger partial charge on any atom is -0.376 e. The molecule has 1 aromatic rings. The SMILES string of the molecule is CC1CNCCO1.c1ccncc1. The molecule has 0 bridgehead atoms. The maximum Gasteiger partial charge on any atom is 0.0672 e. The molecule has 0 amide bonds. The first-order valence-electron chi connectivity index (χ1n) is 4.57. The van der Waals surface area contributed by atoms with Crippen LogP contribution in [0.5, 0.6) is 0 Å². The van der Waals surface area contributed by atoms with Gasteiger partial charge in [-0.15, -0.1) is 0 Å². The number of nitrogens with one attached hydrogen (secondary N) is 1. The van der Waals surface area contributed by atoms with Gasteiger partial charge in [0.05, 0.1) is 12.7 Å². The van der Waals surface area contributed by atoms with Crippen LogP contribution in [0.3, 0.4) is 0 Å². The van der Waals surface area contributed by atoms with Crippen LogP contribution >= 0.6 is 0 Å². The van der Waals surface area contributed by atoms with E-state index in [0.29, 0.717) is 6.10 Å². The van der Waals surface area contributed by atoms with Crippen LogP contribution in [0.4, 0.5) is 0 Å². The van der Waals surface area contributed by atoms with E-state index >= 15 is 0 Å². The van der Waals surface area contributed by atoms with Gasteiger partial charge in [0.2, 0.25) is 0 Å². The first kappa shape index (κ1) is 10.2. The first-order valence-corrected chi connectivity index (χ1v) is 4.57. The molecule has 0 aliphatic carbocycles. The van der Waals surface area contributed by atoms with Crippen LogP contribution in [0.15, 0.2) is 30.6 Å². The number of hydrogen-bond donors (Lipinski definition) is 1. The average molecular weight is 180 g/mol. The van der Waals surface area contributed by atoms with E-state index in [1.54, 1.807) is 12.4 Å². The molecule has 0 aromatic carbocycles. The predicted molar refractivity (Wildman–Crippen MR) is 52.5 cm³/mol. The van der Waals surface area contributed by atoms with Crippen molar-refractivity contribution in [3.8, 4) is 0 Å². The molecule has 0 saturated carbocycles. The fourth-order valence-electron chi connectivity index (χ4n) is 1.01. The van der Waals surface area contributed by atoms with Crippen molar-refractivity contribution >= 4 is 0 Å². The predicted octanol–water partition coefficient (Wildman–Crippen LogP) is 1.08. The number of rotatable bonds is 0. The first-order chi connectivity index (χ1) is 6.39. The van der Waals surface area contributed by atoms with Crippen LogP contribution in [0.1, 0.15) is 6.92 Å². The molecule has 13 heavy (non-hydrogen) atoms. The molecule has 1 saturated heterocycles. The van der Waals surface area contributed by atoms with Crippen molar-refractivity contribution in [1.29, 1.82) is 0 Å². The van der Waals surface area contributed by atoms with Crippen LogP contribution < -0.4 is 5.32 Å². The van der Waals surface area contributed by atoms with E-state index in [2.05, 4.69) is 17.2 Å². The fraction of sp³-hybridized carbons (Fsp3) is 0.500. The number of nitrogens with zero attached hydrogens (tertiary/aromatic N) is 1. The Morgan fingerprint density at radius 2 is 2.08 bits per heavy atom. The molecule has 1 atom stereocenters. The van der Waals surface area contributed by atoms with Crippen LogP contribution in [0.25, 0.3) is 0 Å². The molecule has 1 unspecified atom stereocenters. The van der Waals surface area contributed by atoms with Gasteiger partial charge in [0.15, 0.2) is 0 Å².